The molecule has 0 unspecified atom stereocenters. The third-order valence-electron chi connectivity index (χ3n) is 3.73. The van der Waals surface area contributed by atoms with Gasteiger partial charge in [-0.15, -0.1) is 15.0 Å². The molecule has 0 aliphatic rings. The van der Waals surface area contributed by atoms with Gasteiger partial charge >= 0.3 is 6.18 Å². The van der Waals surface area contributed by atoms with Crippen molar-refractivity contribution >= 4 is 5.82 Å². The summed E-state index contributed by atoms with van der Waals surface area (Å²) < 4.78 is 38.7. The fourth-order valence-electron chi connectivity index (χ4n) is 2.48. The number of rotatable bonds is 4. The Morgan fingerprint density at radius 2 is 1.81 bits per heavy atom. The molecule has 0 saturated heterocycles. The molecule has 0 N–H and O–H groups in total. The number of alkyl halides is 3. The lowest BCUT2D eigenvalue weighted by atomic mass is 10.2. The topological polar surface area (TPSA) is 57.7 Å². The lowest BCUT2D eigenvalue weighted by Gasteiger charge is -2.16. The second kappa shape index (κ2) is 6.88. The van der Waals surface area contributed by atoms with E-state index in [2.05, 4.69) is 10.2 Å². The minimum absolute atomic E-state index is 0.0424. The smallest absolute Gasteiger partial charge is 0.351 e. The van der Waals surface area contributed by atoms with E-state index in [1.54, 1.807) is 11.9 Å². The summed E-state index contributed by atoms with van der Waals surface area (Å²) in [5, 5.41) is 17.5. The number of halogens is 3. The highest BCUT2D eigenvalue weighted by Gasteiger charge is 2.30. The molecular formula is C18H14F3N5. The largest absolute Gasteiger partial charge is 0.416 e. The second-order valence-electron chi connectivity index (χ2n) is 5.66. The SMILES string of the molecule is CN(Cc1ccccc1)c1nn(-c2cccc(C(F)(F)F)c2)nc1C#N. The molecule has 3 rings (SSSR count). The summed E-state index contributed by atoms with van der Waals surface area (Å²) in [5.74, 6) is 0.300. The van der Waals surface area contributed by atoms with Gasteiger partial charge in [-0.1, -0.05) is 36.4 Å². The molecule has 26 heavy (non-hydrogen) atoms. The predicted octanol–water partition coefficient (Wildman–Crippen LogP) is 3.79. The Kier molecular flexibility index (Phi) is 4.63. The lowest BCUT2D eigenvalue weighted by molar-refractivity contribution is -0.137. The minimum Gasteiger partial charge on any atom is -0.351 e. The van der Waals surface area contributed by atoms with Crippen LogP contribution >= 0.6 is 0 Å². The zero-order chi connectivity index (χ0) is 18.7. The Morgan fingerprint density at radius 1 is 1.08 bits per heavy atom. The summed E-state index contributed by atoms with van der Waals surface area (Å²) in [5.41, 5.74) is 0.383. The van der Waals surface area contributed by atoms with E-state index in [-0.39, 0.29) is 11.4 Å². The molecule has 0 atom stereocenters. The summed E-state index contributed by atoms with van der Waals surface area (Å²) in [6, 6.07) is 16.1. The van der Waals surface area contributed by atoms with Crippen LogP contribution in [0.2, 0.25) is 0 Å². The molecule has 3 aromatic rings. The molecule has 0 saturated carbocycles. The number of hydrogen-bond acceptors (Lipinski definition) is 4. The van der Waals surface area contributed by atoms with Crippen molar-refractivity contribution in [3.05, 3.63) is 71.4 Å². The number of nitrogens with zero attached hydrogens (tertiary/aromatic N) is 5. The Bertz CT molecular complexity index is 941. The highest BCUT2D eigenvalue weighted by Crippen LogP contribution is 2.30. The average molecular weight is 357 g/mol. The van der Waals surface area contributed by atoms with Crippen LogP contribution in [-0.4, -0.2) is 22.0 Å². The van der Waals surface area contributed by atoms with Crippen LogP contribution in [0.5, 0.6) is 0 Å². The van der Waals surface area contributed by atoms with E-state index in [0.29, 0.717) is 12.4 Å². The normalized spacial score (nSPS) is 11.2. The van der Waals surface area contributed by atoms with Crippen LogP contribution in [0, 0.1) is 11.3 Å². The van der Waals surface area contributed by atoms with Gasteiger partial charge in [0.2, 0.25) is 5.69 Å². The second-order valence-corrected chi connectivity index (χ2v) is 5.66. The van der Waals surface area contributed by atoms with E-state index >= 15 is 0 Å². The Balaban J connectivity index is 1.93. The maximum absolute atomic E-state index is 12.9. The first-order valence-electron chi connectivity index (χ1n) is 7.68. The van der Waals surface area contributed by atoms with E-state index in [9.17, 15) is 18.4 Å². The highest BCUT2D eigenvalue weighted by molar-refractivity contribution is 5.50. The molecule has 0 fully saturated rings. The monoisotopic (exact) mass is 357 g/mol. The first kappa shape index (κ1) is 17.5. The first-order chi connectivity index (χ1) is 12.4. The Labute approximate surface area is 147 Å². The molecule has 0 aliphatic carbocycles. The summed E-state index contributed by atoms with van der Waals surface area (Å²) in [7, 11) is 1.74. The van der Waals surface area contributed by atoms with Crippen LogP contribution in [0.25, 0.3) is 5.69 Å². The molecule has 0 aliphatic heterocycles. The standard InChI is InChI=1S/C18H14F3N5/c1-25(12-13-6-3-2-4-7-13)17-16(11-22)23-26(24-17)15-9-5-8-14(10-15)18(19,20)21/h2-10H,12H2,1H3. The number of hydrogen-bond donors (Lipinski definition) is 0. The molecule has 0 spiro atoms. The fraction of sp³-hybridized carbons (Fsp3) is 0.167. The maximum atomic E-state index is 12.9. The van der Waals surface area contributed by atoms with Crippen LogP contribution in [0.15, 0.2) is 54.6 Å². The molecule has 0 bridgehead atoms. The van der Waals surface area contributed by atoms with Crippen LogP contribution in [-0.2, 0) is 12.7 Å². The molecule has 0 radical (unpaired) electrons. The molecule has 1 aromatic heterocycles. The highest BCUT2D eigenvalue weighted by atomic mass is 19.4. The van der Waals surface area contributed by atoms with Gasteiger partial charge in [0.1, 0.15) is 6.07 Å². The predicted molar refractivity (Wildman–Crippen MR) is 89.6 cm³/mol. The van der Waals surface area contributed by atoms with E-state index in [1.807, 2.05) is 36.4 Å². The maximum Gasteiger partial charge on any atom is 0.416 e. The van der Waals surface area contributed by atoms with Gasteiger partial charge in [0.25, 0.3) is 0 Å². The van der Waals surface area contributed by atoms with Crippen molar-refractivity contribution in [3.63, 3.8) is 0 Å². The number of benzene rings is 2. The zero-order valence-corrected chi connectivity index (χ0v) is 13.8. The zero-order valence-electron chi connectivity index (χ0n) is 13.8. The summed E-state index contributed by atoms with van der Waals surface area (Å²) >= 11 is 0. The number of nitriles is 1. The van der Waals surface area contributed by atoms with E-state index in [4.69, 9.17) is 0 Å². The van der Waals surface area contributed by atoms with E-state index in [1.165, 1.54) is 12.1 Å². The molecule has 5 nitrogen and oxygen atoms in total. The van der Waals surface area contributed by atoms with Crippen molar-refractivity contribution in [1.29, 1.82) is 5.26 Å². The molecule has 8 heteroatoms. The van der Waals surface area contributed by atoms with Gasteiger partial charge in [0.05, 0.1) is 11.3 Å². The summed E-state index contributed by atoms with van der Waals surface area (Å²) in [6.07, 6.45) is -4.46. The van der Waals surface area contributed by atoms with Gasteiger partial charge in [0.15, 0.2) is 5.82 Å². The van der Waals surface area contributed by atoms with Crippen LogP contribution in [0.1, 0.15) is 16.8 Å². The van der Waals surface area contributed by atoms with Crippen molar-refractivity contribution in [3.8, 4) is 11.8 Å². The van der Waals surface area contributed by atoms with Gasteiger partial charge in [-0.25, -0.2) is 0 Å². The van der Waals surface area contributed by atoms with Crippen molar-refractivity contribution in [2.75, 3.05) is 11.9 Å². The molecule has 132 valence electrons. The average Bonchev–Trinajstić information content (AvgIpc) is 3.06. The molecular weight excluding hydrogens is 343 g/mol. The summed E-state index contributed by atoms with van der Waals surface area (Å²) in [4.78, 5) is 2.77. The van der Waals surface area contributed by atoms with Crippen LogP contribution < -0.4 is 4.90 Å². The molecule has 1 heterocycles. The van der Waals surface area contributed by atoms with E-state index < -0.39 is 11.7 Å². The van der Waals surface area contributed by atoms with Crippen molar-refractivity contribution in [2.45, 2.75) is 12.7 Å². The van der Waals surface area contributed by atoms with Crippen molar-refractivity contribution < 1.29 is 13.2 Å². The van der Waals surface area contributed by atoms with Gasteiger partial charge in [0, 0.05) is 13.6 Å². The molecule has 0 amide bonds. The van der Waals surface area contributed by atoms with Gasteiger partial charge in [-0.05, 0) is 23.8 Å². The van der Waals surface area contributed by atoms with Crippen molar-refractivity contribution in [1.82, 2.24) is 15.0 Å². The third-order valence-corrected chi connectivity index (χ3v) is 3.73. The Hall–Kier alpha value is -3.34. The molecule has 2 aromatic carbocycles. The number of aromatic nitrogens is 3. The van der Waals surface area contributed by atoms with Crippen molar-refractivity contribution in [2.24, 2.45) is 0 Å². The van der Waals surface area contributed by atoms with Gasteiger partial charge in [-0.3, -0.25) is 0 Å². The quantitative estimate of drug-likeness (QED) is 0.713. The summed E-state index contributed by atoms with van der Waals surface area (Å²) in [6.45, 7) is 0.483. The third kappa shape index (κ3) is 3.67. The van der Waals surface area contributed by atoms with Crippen LogP contribution in [0.3, 0.4) is 0 Å². The number of anilines is 1. The Morgan fingerprint density at radius 3 is 2.46 bits per heavy atom. The van der Waals surface area contributed by atoms with E-state index in [0.717, 1.165) is 22.5 Å². The fourth-order valence-corrected chi connectivity index (χ4v) is 2.48. The first-order valence-corrected chi connectivity index (χ1v) is 7.68. The lowest BCUT2D eigenvalue weighted by Crippen LogP contribution is -2.18. The van der Waals surface area contributed by atoms with Crippen LogP contribution in [0.4, 0.5) is 19.0 Å². The van der Waals surface area contributed by atoms with Gasteiger partial charge < -0.3 is 4.90 Å². The van der Waals surface area contributed by atoms with Gasteiger partial charge in [-0.2, -0.15) is 18.4 Å². The minimum atomic E-state index is -4.46.